The van der Waals surface area contributed by atoms with Gasteiger partial charge in [-0.2, -0.15) is 5.26 Å². The van der Waals surface area contributed by atoms with Crippen LogP contribution in [0.1, 0.15) is 12.8 Å². The molecule has 1 aliphatic heterocycles. The molecule has 1 fully saturated rings. The van der Waals surface area contributed by atoms with Crippen molar-refractivity contribution < 1.29 is 14.1 Å². The molecule has 2 aromatic rings. The Balaban J connectivity index is 1.79. The Labute approximate surface area is 140 Å². The minimum absolute atomic E-state index is 0.164. The quantitative estimate of drug-likeness (QED) is 0.802. The van der Waals surface area contributed by atoms with E-state index < -0.39 is 6.04 Å². The van der Waals surface area contributed by atoms with Gasteiger partial charge in [0.25, 0.3) is 5.91 Å². The summed E-state index contributed by atoms with van der Waals surface area (Å²) in [4.78, 5) is 15.5. The molecular formula is C17H18N4O3. The second kappa shape index (κ2) is 6.62. The summed E-state index contributed by atoms with van der Waals surface area (Å²) in [6, 6.07) is 8.72. The first-order valence-corrected chi connectivity index (χ1v) is 7.69. The lowest BCUT2D eigenvalue weighted by atomic mass is 10.1. The van der Waals surface area contributed by atoms with Gasteiger partial charge in [0, 0.05) is 25.2 Å². The number of methoxy groups -OCH3 is 1. The van der Waals surface area contributed by atoms with Crippen molar-refractivity contribution in [3.63, 3.8) is 0 Å². The highest BCUT2D eigenvalue weighted by atomic mass is 16.5. The lowest BCUT2D eigenvalue weighted by molar-refractivity contribution is -0.121. The molecule has 0 aliphatic carbocycles. The van der Waals surface area contributed by atoms with Crippen LogP contribution < -0.4 is 9.64 Å². The minimum Gasteiger partial charge on any atom is -0.497 e. The SMILES string of the molecule is COc1cccc(-c2cc(N(C)C(=O)[C@@H]3CCCN3C#N)on2)c1. The van der Waals surface area contributed by atoms with E-state index >= 15 is 0 Å². The average molecular weight is 326 g/mol. The number of anilines is 1. The van der Waals surface area contributed by atoms with Gasteiger partial charge >= 0.3 is 0 Å². The zero-order chi connectivity index (χ0) is 17.1. The van der Waals surface area contributed by atoms with Crippen LogP contribution in [0.3, 0.4) is 0 Å². The Bertz CT molecular complexity index is 780. The zero-order valence-electron chi connectivity index (χ0n) is 13.6. The van der Waals surface area contributed by atoms with Gasteiger partial charge in [0.2, 0.25) is 5.88 Å². The molecule has 2 heterocycles. The van der Waals surface area contributed by atoms with E-state index in [4.69, 9.17) is 14.5 Å². The van der Waals surface area contributed by atoms with E-state index in [1.54, 1.807) is 20.2 Å². The molecule has 0 radical (unpaired) electrons. The van der Waals surface area contributed by atoms with Crippen LogP contribution in [0, 0.1) is 11.5 Å². The molecule has 1 aromatic heterocycles. The zero-order valence-corrected chi connectivity index (χ0v) is 13.6. The van der Waals surface area contributed by atoms with Crippen LogP contribution in [0.2, 0.25) is 0 Å². The summed E-state index contributed by atoms with van der Waals surface area (Å²) in [5.74, 6) is 0.905. The number of carbonyl (C=O) groups is 1. The third-order valence-corrected chi connectivity index (χ3v) is 4.19. The highest BCUT2D eigenvalue weighted by molar-refractivity contribution is 5.96. The monoisotopic (exact) mass is 326 g/mol. The van der Waals surface area contributed by atoms with Crippen molar-refractivity contribution in [3.05, 3.63) is 30.3 Å². The second-order valence-corrected chi connectivity index (χ2v) is 5.63. The highest BCUT2D eigenvalue weighted by Gasteiger charge is 2.33. The minimum atomic E-state index is -0.426. The van der Waals surface area contributed by atoms with Crippen molar-refractivity contribution in [2.24, 2.45) is 0 Å². The molecule has 0 saturated carbocycles. The van der Waals surface area contributed by atoms with Crippen molar-refractivity contribution in [2.45, 2.75) is 18.9 Å². The lowest BCUT2D eigenvalue weighted by Gasteiger charge is -2.22. The van der Waals surface area contributed by atoms with Gasteiger partial charge in [0.1, 0.15) is 17.5 Å². The molecule has 1 atom stereocenters. The van der Waals surface area contributed by atoms with E-state index in [9.17, 15) is 4.79 Å². The number of aromatic nitrogens is 1. The van der Waals surface area contributed by atoms with Gasteiger partial charge in [0.15, 0.2) is 6.19 Å². The molecule has 0 N–H and O–H groups in total. The third kappa shape index (κ3) is 2.91. The van der Waals surface area contributed by atoms with E-state index in [1.165, 1.54) is 9.80 Å². The van der Waals surface area contributed by atoms with Crippen LogP contribution in [0.4, 0.5) is 5.88 Å². The smallest absolute Gasteiger partial charge is 0.252 e. The van der Waals surface area contributed by atoms with Crippen LogP contribution in [0.15, 0.2) is 34.9 Å². The topological polar surface area (TPSA) is 82.6 Å². The fourth-order valence-corrected chi connectivity index (χ4v) is 2.82. The van der Waals surface area contributed by atoms with Crippen LogP contribution in [-0.4, -0.2) is 42.7 Å². The molecule has 1 aromatic carbocycles. The summed E-state index contributed by atoms with van der Waals surface area (Å²) in [6.45, 7) is 0.617. The summed E-state index contributed by atoms with van der Waals surface area (Å²) in [5.41, 5.74) is 1.46. The maximum absolute atomic E-state index is 12.6. The van der Waals surface area contributed by atoms with Gasteiger partial charge in [-0.1, -0.05) is 17.3 Å². The molecule has 124 valence electrons. The Morgan fingerprint density at radius 3 is 3.08 bits per heavy atom. The Kier molecular flexibility index (Phi) is 4.38. The maximum atomic E-state index is 12.6. The number of likely N-dealkylation sites (N-methyl/N-ethyl adjacent to an activating group) is 1. The fraction of sp³-hybridized carbons (Fsp3) is 0.353. The lowest BCUT2D eigenvalue weighted by Crippen LogP contribution is -2.42. The predicted octanol–water partition coefficient (Wildman–Crippen LogP) is 2.26. The van der Waals surface area contributed by atoms with Crippen molar-refractivity contribution in [1.82, 2.24) is 10.1 Å². The summed E-state index contributed by atoms with van der Waals surface area (Å²) in [6.07, 6.45) is 3.58. The first-order chi connectivity index (χ1) is 11.6. The Morgan fingerprint density at radius 1 is 1.50 bits per heavy atom. The molecule has 1 saturated heterocycles. The van der Waals surface area contributed by atoms with Crippen LogP contribution in [0.25, 0.3) is 11.3 Å². The number of hydrogen-bond donors (Lipinski definition) is 0. The van der Waals surface area contributed by atoms with Gasteiger partial charge in [-0.3, -0.25) is 14.6 Å². The standard InChI is InChI=1S/C17H18N4O3/c1-20(17(22)15-7-4-8-21(15)11-18)16-10-14(19-24-16)12-5-3-6-13(9-12)23-2/h3,5-6,9-10,15H,4,7-8H2,1-2H3/t15-/m0/s1. The molecule has 24 heavy (non-hydrogen) atoms. The summed E-state index contributed by atoms with van der Waals surface area (Å²) in [5, 5.41) is 13.1. The Hall–Kier alpha value is -3.01. The molecule has 1 aliphatic rings. The van der Waals surface area contributed by atoms with Crippen LogP contribution in [-0.2, 0) is 4.79 Å². The van der Waals surface area contributed by atoms with Gasteiger partial charge in [-0.15, -0.1) is 0 Å². The number of nitrogens with zero attached hydrogens (tertiary/aromatic N) is 4. The maximum Gasteiger partial charge on any atom is 0.252 e. The molecule has 0 unspecified atom stereocenters. The first-order valence-electron chi connectivity index (χ1n) is 7.69. The fourth-order valence-electron chi connectivity index (χ4n) is 2.82. The van der Waals surface area contributed by atoms with Gasteiger partial charge in [-0.05, 0) is 25.0 Å². The average Bonchev–Trinajstić information content (AvgIpc) is 3.29. The van der Waals surface area contributed by atoms with Crippen LogP contribution in [0.5, 0.6) is 5.75 Å². The largest absolute Gasteiger partial charge is 0.497 e. The number of amides is 1. The van der Waals surface area contributed by atoms with E-state index in [0.29, 0.717) is 24.5 Å². The molecule has 0 spiro atoms. The van der Waals surface area contributed by atoms with Gasteiger partial charge < -0.3 is 9.26 Å². The second-order valence-electron chi connectivity index (χ2n) is 5.63. The normalized spacial score (nSPS) is 16.7. The molecule has 1 amide bonds. The van der Waals surface area contributed by atoms with E-state index in [-0.39, 0.29) is 5.91 Å². The third-order valence-electron chi connectivity index (χ3n) is 4.19. The molecule has 3 rings (SSSR count). The highest BCUT2D eigenvalue weighted by Crippen LogP contribution is 2.27. The predicted molar refractivity (Wildman–Crippen MR) is 87.2 cm³/mol. The van der Waals surface area contributed by atoms with E-state index in [2.05, 4.69) is 11.3 Å². The number of likely N-dealkylation sites (tertiary alicyclic amines) is 1. The molecule has 7 heteroatoms. The summed E-state index contributed by atoms with van der Waals surface area (Å²) >= 11 is 0. The number of nitriles is 1. The summed E-state index contributed by atoms with van der Waals surface area (Å²) in [7, 11) is 3.23. The summed E-state index contributed by atoms with van der Waals surface area (Å²) < 4.78 is 10.5. The van der Waals surface area contributed by atoms with Gasteiger partial charge in [-0.25, -0.2) is 0 Å². The number of rotatable bonds is 4. The molecular weight excluding hydrogens is 308 g/mol. The number of ether oxygens (including phenoxy) is 1. The molecule has 7 nitrogen and oxygen atoms in total. The van der Waals surface area contributed by atoms with Gasteiger partial charge in [0.05, 0.1) is 7.11 Å². The van der Waals surface area contributed by atoms with Crippen molar-refractivity contribution in [1.29, 1.82) is 5.26 Å². The van der Waals surface area contributed by atoms with Crippen molar-refractivity contribution in [2.75, 3.05) is 25.6 Å². The number of hydrogen-bond acceptors (Lipinski definition) is 6. The Morgan fingerprint density at radius 2 is 2.33 bits per heavy atom. The number of carbonyl (C=O) groups excluding carboxylic acids is 1. The molecule has 0 bridgehead atoms. The van der Waals surface area contributed by atoms with Crippen molar-refractivity contribution in [3.8, 4) is 23.2 Å². The number of benzene rings is 1. The van der Waals surface area contributed by atoms with Crippen molar-refractivity contribution >= 4 is 11.8 Å². The van der Waals surface area contributed by atoms with E-state index in [1.807, 2.05) is 24.3 Å². The van der Waals surface area contributed by atoms with Crippen LogP contribution >= 0.6 is 0 Å². The van der Waals surface area contributed by atoms with E-state index in [0.717, 1.165) is 17.7 Å². The first kappa shape index (κ1) is 15.9.